The van der Waals surface area contributed by atoms with Crippen LogP contribution in [0, 0.1) is 0 Å². The Kier molecular flexibility index (Phi) is 36.2. The van der Waals surface area contributed by atoms with Gasteiger partial charge in [-0.2, -0.15) is 0 Å². The largest absolute Gasteiger partial charge is 0.394 e. The summed E-state index contributed by atoms with van der Waals surface area (Å²) in [4.78, 5) is 0. The number of aliphatic hydroxyl groups excluding tert-OH is 2. The average molecular weight is 585 g/mol. The maximum atomic E-state index is 9.96. The van der Waals surface area contributed by atoms with E-state index in [0.29, 0.717) is 119 Å². The SMILES string of the molecule is CCCCCCCCCC(O)COCCOCCOCCOCCOCCOCCOCCOCCOCCO. The van der Waals surface area contributed by atoms with Crippen LogP contribution in [0.5, 0.6) is 0 Å². The van der Waals surface area contributed by atoms with Crippen molar-refractivity contribution in [1.29, 1.82) is 0 Å². The number of unbranched alkanes of at least 4 members (excludes halogenated alkanes) is 6. The molecular formula is C29H60O11. The molecule has 1 unspecified atom stereocenters. The highest BCUT2D eigenvalue weighted by Crippen LogP contribution is 2.09. The molecule has 0 aromatic carbocycles. The monoisotopic (exact) mass is 584 g/mol. The Hall–Kier alpha value is -0.440. The molecule has 0 aliphatic carbocycles. The van der Waals surface area contributed by atoms with Crippen LogP contribution in [0.3, 0.4) is 0 Å². The first-order valence-electron chi connectivity index (χ1n) is 15.3. The van der Waals surface area contributed by atoms with E-state index >= 15 is 0 Å². The number of hydrogen-bond donors (Lipinski definition) is 2. The van der Waals surface area contributed by atoms with E-state index in [9.17, 15) is 5.11 Å². The first-order chi connectivity index (χ1) is 19.8. The van der Waals surface area contributed by atoms with Crippen molar-refractivity contribution in [2.45, 2.75) is 64.4 Å². The van der Waals surface area contributed by atoms with E-state index in [1.54, 1.807) is 0 Å². The molecule has 0 heterocycles. The number of aliphatic hydroxyl groups is 2. The molecule has 40 heavy (non-hydrogen) atoms. The Morgan fingerprint density at radius 2 is 0.700 bits per heavy atom. The molecule has 0 saturated carbocycles. The summed E-state index contributed by atoms with van der Waals surface area (Å²) in [5, 5.41) is 18.5. The van der Waals surface area contributed by atoms with Crippen LogP contribution in [0.2, 0.25) is 0 Å². The molecule has 11 heteroatoms. The van der Waals surface area contributed by atoms with E-state index < -0.39 is 0 Å². The van der Waals surface area contributed by atoms with Crippen molar-refractivity contribution in [3.63, 3.8) is 0 Å². The molecule has 0 fully saturated rings. The lowest BCUT2D eigenvalue weighted by molar-refractivity contribution is -0.0286. The van der Waals surface area contributed by atoms with E-state index in [4.69, 9.17) is 47.7 Å². The summed E-state index contributed by atoms with van der Waals surface area (Å²) in [5.74, 6) is 0. The molecule has 0 bridgehead atoms. The smallest absolute Gasteiger partial charge is 0.0773 e. The quantitative estimate of drug-likeness (QED) is 0.106. The summed E-state index contributed by atoms with van der Waals surface area (Å²) < 4.78 is 48.6. The minimum atomic E-state index is -0.379. The normalized spacial score (nSPS) is 12.4. The lowest BCUT2D eigenvalue weighted by atomic mass is 10.1. The molecule has 0 aromatic heterocycles. The van der Waals surface area contributed by atoms with E-state index in [-0.39, 0.29) is 12.7 Å². The van der Waals surface area contributed by atoms with Crippen LogP contribution >= 0.6 is 0 Å². The summed E-state index contributed by atoms with van der Waals surface area (Å²) in [6.07, 6.45) is 9.20. The van der Waals surface area contributed by atoms with Gasteiger partial charge in [0.15, 0.2) is 0 Å². The van der Waals surface area contributed by atoms with E-state index in [0.717, 1.165) is 12.8 Å². The number of ether oxygens (including phenoxy) is 9. The maximum absolute atomic E-state index is 9.96. The molecule has 0 saturated heterocycles. The van der Waals surface area contributed by atoms with Gasteiger partial charge in [-0.15, -0.1) is 0 Å². The summed E-state index contributed by atoms with van der Waals surface area (Å²) in [6, 6.07) is 0. The van der Waals surface area contributed by atoms with Crippen molar-refractivity contribution in [3.8, 4) is 0 Å². The Balaban J connectivity index is 3.09. The standard InChI is InChI=1S/C29H60O11/c1-2-3-4-5-6-7-8-9-29(31)28-40-27-26-39-25-24-38-23-22-37-21-20-36-19-18-35-17-16-34-15-14-33-13-12-32-11-10-30/h29-31H,2-28H2,1H3. The van der Waals surface area contributed by atoms with Crippen LogP contribution in [0.4, 0.5) is 0 Å². The third-order valence-corrected chi connectivity index (χ3v) is 5.66. The van der Waals surface area contributed by atoms with Gasteiger partial charge < -0.3 is 52.8 Å². The molecule has 2 N–H and O–H groups in total. The molecule has 0 radical (unpaired) electrons. The molecule has 0 aromatic rings. The highest BCUT2D eigenvalue weighted by molar-refractivity contribution is 4.55. The van der Waals surface area contributed by atoms with Crippen LogP contribution in [-0.2, 0) is 42.6 Å². The van der Waals surface area contributed by atoms with Gasteiger partial charge in [-0.05, 0) is 6.42 Å². The Bertz CT molecular complexity index is 446. The van der Waals surface area contributed by atoms with Crippen molar-refractivity contribution in [3.05, 3.63) is 0 Å². The van der Waals surface area contributed by atoms with Gasteiger partial charge in [0.25, 0.3) is 0 Å². The van der Waals surface area contributed by atoms with Gasteiger partial charge in [0, 0.05) is 0 Å². The highest BCUT2D eigenvalue weighted by atomic mass is 16.6. The Morgan fingerprint density at radius 3 is 1.05 bits per heavy atom. The average Bonchev–Trinajstić information content (AvgIpc) is 2.96. The molecule has 1 atom stereocenters. The minimum absolute atomic E-state index is 0.0277. The first-order valence-corrected chi connectivity index (χ1v) is 15.3. The topological polar surface area (TPSA) is 124 Å². The van der Waals surface area contributed by atoms with Crippen molar-refractivity contribution >= 4 is 0 Å². The van der Waals surface area contributed by atoms with Gasteiger partial charge >= 0.3 is 0 Å². The van der Waals surface area contributed by atoms with Gasteiger partial charge in [0.05, 0.1) is 132 Å². The molecule has 11 nitrogen and oxygen atoms in total. The molecule has 0 spiro atoms. The zero-order valence-corrected chi connectivity index (χ0v) is 25.2. The third kappa shape index (κ3) is 35.6. The highest BCUT2D eigenvalue weighted by Gasteiger charge is 2.04. The molecule has 242 valence electrons. The Morgan fingerprint density at radius 1 is 0.400 bits per heavy atom. The summed E-state index contributed by atoms with van der Waals surface area (Å²) in [5.41, 5.74) is 0. The van der Waals surface area contributed by atoms with Crippen LogP contribution in [0.1, 0.15) is 58.3 Å². The first kappa shape index (κ1) is 39.6. The lowest BCUT2D eigenvalue weighted by Crippen LogP contribution is -2.18. The predicted octanol–water partition coefficient (Wildman–Crippen LogP) is 2.63. The maximum Gasteiger partial charge on any atom is 0.0773 e. The van der Waals surface area contributed by atoms with E-state index in [1.165, 1.54) is 38.5 Å². The van der Waals surface area contributed by atoms with Gasteiger partial charge in [0.2, 0.25) is 0 Å². The number of hydrogen-bond acceptors (Lipinski definition) is 11. The second-order valence-corrected chi connectivity index (χ2v) is 9.26. The third-order valence-electron chi connectivity index (χ3n) is 5.66. The zero-order chi connectivity index (χ0) is 29.0. The van der Waals surface area contributed by atoms with Crippen molar-refractivity contribution < 1.29 is 52.8 Å². The molecular weight excluding hydrogens is 524 g/mol. The van der Waals surface area contributed by atoms with Crippen molar-refractivity contribution in [2.24, 2.45) is 0 Å². The van der Waals surface area contributed by atoms with Crippen molar-refractivity contribution in [1.82, 2.24) is 0 Å². The van der Waals surface area contributed by atoms with Gasteiger partial charge in [-0.25, -0.2) is 0 Å². The fraction of sp³-hybridized carbons (Fsp3) is 1.00. The predicted molar refractivity (Wildman–Crippen MR) is 153 cm³/mol. The number of rotatable bonds is 36. The lowest BCUT2D eigenvalue weighted by Gasteiger charge is -2.11. The van der Waals surface area contributed by atoms with Crippen molar-refractivity contribution in [2.75, 3.05) is 126 Å². The van der Waals surface area contributed by atoms with Gasteiger partial charge in [-0.3, -0.25) is 0 Å². The van der Waals surface area contributed by atoms with E-state index in [2.05, 4.69) is 6.92 Å². The fourth-order valence-electron chi connectivity index (χ4n) is 3.46. The van der Waals surface area contributed by atoms with Gasteiger partial charge in [-0.1, -0.05) is 51.9 Å². The van der Waals surface area contributed by atoms with E-state index in [1.807, 2.05) is 0 Å². The molecule has 0 rings (SSSR count). The van der Waals surface area contributed by atoms with Crippen LogP contribution in [0.15, 0.2) is 0 Å². The second-order valence-electron chi connectivity index (χ2n) is 9.26. The van der Waals surface area contributed by atoms with Crippen LogP contribution in [-0.4, -0.2) is 142 Å². The summed E-state index contributed by atoms with van der Waals surface area (Å²) in [7, 11) is 0. The summed E-state index contributed by atoms with van der Waals surface area (Å²) >= 11 is 0. The van der Waals surface area contributed by atoms with Gasteiger partial charge in [0.1, 0.15) is 0 Å². The molecule has 0 aliphatic rings. The minimum Gasteiger partial charge on any atom is -0.394 e. The van der Waals surface area contributed by atoms with Crippen LogP contribution < -0.4 is 0 Å². The molecule has 0 aliphatic heterocycles. The Labute approximate surface area is 243 Å². The summed E-state index contributed by atoms with van der Waals surface area (Å²) in [6.45, 7) is 11.0. The second kappa shape index (κ2) is 36.6. The fourth-order valence-corrected chi connectivity index (χ4v) is 3.46. The van der Waals surface area contributed by atoms with Crippen LogP contribution in [0.25, 0.3) is 0 Å². The zero-order valence-electron chi connectivity index (χ0n) is 25.2. The molecule has 0 amide bonds.